The maximum absolute atomic E-state index is 8.82. The van der Waals surface area contributed by atoms with Gasteiger partial charge in [-0.25, -0.2) is 4.99 Å². The topological polar surface area (TPSA) is 47.9 Å². The first-order chi connectivity index (χ1) is 11.4. The van der Waals surface area contributed by atoms with Crippen LogP contribution in [-0.2, 0) is 0 Å². The summed E-state index contributed by atoms with van der Waals surface area (Å²) in [5, 5.41) is 12.2. The Morgan fingerprint density at radius 2 is 1.62 bits per heavy atom. The van der Waals surface area contributed by atoms with Crippen molar-refractivity contribution in [1.29, 1.82) is 0 Å². The van der Waals surface area contributed by atoms with Gasteiger partial charge in [-0.15, -0.1) is 17.0 Å². The highest BCUT2D eigenvalue weighted by Crippen LogP contribution is 2.10. The fraction of sp³-hybridized carbons (Fsp3) is 0.842. The van der Waals surface area contributed by atoms with E-state index >= 15 is 0 Å². The van der Waals surface area contributed by atoms with E-state index in [-0.39, 0.29) is 23.6 Å². The molecule has 24 heavy (non-hydrogen) atoms. The van der Waals surface area contributed by atoms with Gasteiger partial charge in [0, 0.05) is 26.2 Å². The van der Waals surface area contributed by atoms with Crippen LogP contribution in [0.15, 0.2) is 16.9 Å². The third-order valence-electron chi connectivity index (χ3n) is 4.32. The molecule has 0 aliphatic carbocycles. The third kappa shape index (κ3) is 12.8. The summed E-state index contributed by atoms with van der Waals surface area (Å²) in [6.45, 7) is 5.32. The molecule has 0 amide bonds. The van der Waals surface area contributed by atoms with E-state index in [1.54, 1.807) is 0 Å². The highest BCUT2D eigenvalue weighted by molar-refractivity contribution is 8.93. The quantitative estimate of drug-likeness (QED) is 0.391. The zero-order chi connectivity index (χ0) is 16.6. The van der Waals surface area contributed by atoms with Crippen molar-refractivity contribution in [2.45, 2.75) is 77.6 Å². The molecule has 0 fully saturated rings. The summed E-state index contributed by atoms with van der Waals surface area (Å²) in [5.41, 5.74) is 0. The second-order valence-electron chi connectivity index (χ2n) is 6.51. The van der Waals surface area contributed by atoms with E-state index in [0.29, 0.717) is 0 Å². The smallest absolute Gasteiger partial charge is 0.125 e. The normalized spacial score (nSPS) is 13.6. The second-order valence-corrected chi connectivity index (χ2v) is 6.51. The molecule has 1 rings (SSSR count). The Balaban J connectivity index is 0.00000529. The zero-order valence-corrected chi connectivity index (χ0v) is 17.2. The fourth-order valence-electron chi connectivity index (χ4n) is 2.82. The van der Waals surface area contributed by atoms with Gasteiger partial charge in [-0.05, 0) is 18.9 Å². The Morgan fingerprint density at radius 1 is 1.00 bits per heavy atom. The third-order valence-corrected chi connectivity index (χ3v) is 4.32. The second kappa shape index (κ2) is 17.3. The molecule has 0 bridgehead atoms. The van der Waals surface area contributed by atoms with Crippen molar-refractivity contribution in [3.63, 3.8) is 0 Å². The molecule has 0 radical (unpaired) electrons. The van der Waals surface area contributed by atoms with Crippen LogP contribution in [0, 0.1) is 0 Å². The lowest BCUT2D eigenvalue weighted by molar-refractivity contribution is 0.271. The van der Waals surface area contributed by atoms with Crippen molar-refractivity contribution < 1.29 is 5.11 Å². The summed E-state index contributed by atoms with van der Waals surface area (Å²) in [4.78, 5) is 6.54. The number of rotatable bonds is 15. The minimum absolute atomic E-state index is 0. The van der Waals surface area contributed by atoms with E-state index in [1.165, 1.54) is 64.2 Å². The summed E-state index contributed by atoms with van der Waals surface area (Å²) in [6, 6.07) is 0. The lowest BCUT2D eigenvalue weighted by Gasteiger charge is -2.21. The minimum atomic E-state index is 0. The minimum Gasteiger partial charge on any atom is -0.396 e. The van der Waals surface area contributed by atoms with Crippen LogP contribution in [0.25, 0.3) is 0 Å². The van der Waals surface area contributed by atoms with Crippen molar-refractivity contribution in [3.05, 3.63) is 11.9 Å². The average Bonchev–Trinajstić information content (AvgIpc) is 2.59. The van der Waals surface area contributed by atoms with Crippen LogP contribution >= 0.6 is 17.0 Å². The Labute approximate surface area is 159 Å². The van der Waals surface area contributed by atoms with Gasteiger partial charge >= 0.3 is 0 Å². The van der Waals surface area contributed by atoms with Gasteiger partial charge in [0.15, 0.2) is 0 Å². The molecule has 0 aromatic carbocycles. The number of hydrogen-bond donors (Lipinski definition) is 2. The van der Waals surface area contributed by atoms with Crippen LogP contribution in [0.3, 0.4) is 0 Å². The Hall–Kier alpha value is -0.550. The zero-order valence-electron chi connectivity index (χ0n) is 15.5. The molecular formula is C19H38BrN3O. The summed E-state index contributed by atoms with van der Waals surface area (Å²) in [7, 11) is 0. The molecule has 1 heterocycles. The predicted octanol–water partition coefficient (Wildman–Crippen LogP) is 4.64. The van der Waals surface area contributed by atoms with E-state index in [9.17, 15) is 0 Å². The van der Waals surface area contributed by atoms with Crippen molar-refractivity contribution >= 4 is 23.3 Å². The molecule has 0 unspecified atom stereocenters. The monoisotopic (exact) mass is 403 g/mol. The van der Waals surface area contributed by atoms with Gasteiger partial charge in [0.25, 0.3) is 0 Å². The number of nitrogens with zero attached hydrogens (tertiary/aromatic N) is 2. The Bertz CT molecular complexity index is 335. The molecule has 0 aromatic rings. The maximum atomic E-state index is 8.82. The first-order valence-corrected chi connectivity index (χ1v) is 9.70. The standard InChI is InChI=1S/C19H37N3O.BrH/c1-2-3-4-5-6-7-8-9-10-11-14-20-19-13-16-22(18-21-19)15-12-17-23;/h13,18,20,23H,2-12,14-17H2,1H3;1H. The summed E-state index contributed by atoms with van der Waals surface area (Å²) < 4.78 is 0. The number of aliphatic hydroxyl groups excluding tert-OH is 1. The molecule has 5 heteroatoms. The Morgan fingerprint density at radius 3 is 2.17 bits per heavy atom. The van der Waals surface area contributed by atoms with Crippen molar-refractivity contribution in [2.75, 3.05) is 26.2 Å². The SMILES string of the molecule is Br.CCCCCCCCCCCCNC1=CCN(CCCO)C=N1. The lowest BCUT2D eigenvalue weighted by atomic mass is 10.1. The van der Waals surface area contributed by atoms with Crippen LogP contribution in [0.2, 0.25) is 0 Å². The molecule has 2 N–H and O–H groups in total. The number of aliphatic imine (C=N–C) groups is 1. The van der Waals surface area contributed by atoms with Crippen molar-refractivity contribution in [2.24, 2.45) is 4.99 Å². The van der Waals surface area contributed by atoms with Gasteiger partial charge < -0.3 is 15.3 Å². The van der Waals surface area contributed by atoms with Gasteiger partial charge in [0.05, 0.1) is 6.34 Å². The van der Waals surface area contributed by atoms with E-state index in [0.717, 1.165) is 31.9 Å². The highest BCUT2D eigenvalue weighted by Gasteiger charge is 2.04. The van der Waals surface area contributed by atoms with Crippen molar-refractivity contribution in [3.8, 4) is 0 Å². The maximum Gasteiger partial charge on any atom is 0.125 e. The van der Waals surface area contributed by atoms with Crippen molar-refractivity contribution in [1.82, 2.24) is 10.2 Å². The molecular weight excluding hydrogens is 366 g/mol. The summed E-state index contributed by atoms with van der Waals surface area (Å²) >= 11 is 0. The first kappa shape index (κ1) is 23.4. The van der Waals surface area contributed by atoms with Gasteiger partial charge in [0.1, 0.15) is 5.82 Å². The molecule has 4 nitrogen and oxygen atoms in total. The number of halogens is 1. The number of aliphatic hydroxyl groups is 1. The van der Waals surface area contributed by atoms with Gasteiger partial charge in [-0.1, -0.05) is 64.7 Å². The van der Waals surface area contributed by atoms with E-state index in [1.807, 2.05) is 6.34 Å². The molecule has 1 aliphatic rings. The molecule has 0 atom stereocenters. The fourth-order valence-corrected chi connectivity index (χ4v) is 2.82. The predicted molar refractivity (Wildman–Crippen MR) is 110 cm³/mol. The molecule has 0 saturated heterocycles. The van der Waals surface area contributed by atoms with Gasteiger partial charge in [-0.2, -0.15) is 0 Å². The molecule has 142 valence electrons. The van der Waals surface area contributed by atoms with Gasteiger partial charge in [-0.3, -0.25) is 0 Å². The first-order valence-electron chi connectivity index (χ1n) is 9.70. The van der Waals surface area contributed by atoms with Crippen LogP contribution in [0.5, 0.6) is 0 Å². The molecule has 1 aliphatic heterocycles. The number of unbranched alkanes of at least 4 members (excludes halogenated alkanes) is 9. The summed E-state index contributed by atoms with van der Waals surface area (Å²) in [6.07, 6.45) is 18.6. The van der Waals surface area contributed by atoms with E-state index in [2.05, 4.69) is 28.2 Å². The van der Waals surface area contributed by atoms with Crippen LogP contribution in [0.1, 0.15) is 77.6 Å². The molecule has 0 spiro atoms. The largest absolute Gasteiger partial charge is 0.396 e. The number of hydrogen-bond acceptors (Lipinski definition) is 4. The number of nitrogens with one attached hydrogen (secondary N) is 1. The summed E-state index contributed by atoms with van der Waals surface area (Å²) in [5.74, 6) is 1.00. The highest BCUT2D eigenvalue weighted by atomic mass is 79.9. The van der Waals surface area contributed by atoms with Crippen LogP contribution < -0.4 is 5.32 Å². The van der Waals surface area contributed by atoms with Gasteiger partial charge in [0.2, 0.25) is 0 Å². The Kier molecular flexibility index (Phi) is 16.9. The van der Waals surface area contributed by atoms with Crippen LogP contribution in [-0.4, -0.2) is 42.6 Å². The van der Waals surface area contributed by atoms with E-state index in [4.69, 9.17) is 5.11 Å². The lowest BCUT2D eigenvalue weighted by Crippen LogP contribution is -2.29. The average molecular weight is 404 g/mol. The van der Waals surface area contributed by atoms with E-state index < -0.39 is 0 Å². The molecule has 0 aromatic heterocycles. The van der Waals surface area contributed by atoms with Crippen LogP contribution in [0.4, 0.5) is 0 Å². The molecule has 0 saturated carbocycles.